The van der Waals surface area contributed by atoms with Crippen molar-refractivity contribution in [2.24, 2.45) is 0 Å². The molecule has 0 heterocycles. The Labute approximate surface area is 183 Å². The van der Waals surface area contributed by atoms with Gasteiger partial charge in [-0.25, -0.2) is 14.4 Å². The van der Waals surface area contributed by atoms with E-state index in [4.69, 9.17) is 19.7 Å². The zero-order valence-corrected chi connectivity index (χ0v) is 18.6. The van der Waals surface area contributed by atoms with E-state index in [2.05, 4.69) is 24.5 Å². The minimum atomic E-state index is -0.935. The quantitative estimate of drug-likeness (QED) is 0.343. The Hall–Kier alpha value is -3.23. The Kier molecular flexibility index (Phi) is 17.0. The van der Waals surface area contributed by atoms with Gasteiger partial charge in [-0.1, -0.05) is 50.1 Å². The molecule has 8 nitrogen and oxygen atoms in total. The minimum Gasteiger partial charge on any atom is -0.478 e. The fourth-order valence-corrected chi connectivity index (χ4v) is 1.33. The first-order chi connectivity index (χ1) is 14.4. The number of benzene rings is 1. The molecule has 8 heteroatoms. The molecule has 0 saturated carbocycles. The highest BCUT2D eigenvalue weighted by Crippen LogP contribution is 2.05. The molecule has 31 heavy (non-hydrogen) atoms. The number of aliphatic hydroxyl groups is 1. The zero-order chi connectivity index (χ0) is 24.4. The first-order valence-electron chi connectivity index (χ1n) is 9.26. The highest BCUT2D eigenvalue weighted by Gasteiger charge is 2.09. The molecule has 0 aliphatic heterocycles. The summed E-state index contributed by atoms with van der Waals surface area (Å²) in [5.41, 5.74) is 1.94. The van der Waals surface area contributed by atoms with Crippen LogP contribution >= 0.6 is 0 Å². The average molecular weight is 437 g/mol. The van der Waals surface area contributed by atoms with E-state index < -0.39 is 24.2 Å². The summed E-state index contributed by atoms with van der Waals surface area (Å²) in [5.74, 6) is -1.82. The zero-order valence-electron chi connectivity index (χ0n) is 18.6. The van der Waals surface area contributed by atoms with Crippen molar-refractivity contribution in [2.75, 3.05) is 13.2 Å². The second-order valence-corrected chi connectivity index (χ2v) is 6.28. The summed E-state index contributed by atoms with van der Waals surface area (Å²) >= 11 is 0. The topological polar surface area (TPSA) is 119 Å². The van der Waals surface area contributed by atoms with E-state index in [1.807, 2.05) is 30.3 Å². The SMILES string of the molecule is C=C(C)C(=O)O.C=C(C)C(=O)OC(C)OCc1ccccc1.C=C(C)C(=O)OCCO. The van der Waals surface area contributed by atoms with Gasteiger partial charge < -0.3 is 24.4 Å². The Morgan fingerprint density at radius 3 is 1.81 bits per heavy atom. The molecule has 0 spiro atoms. The summed E-state index contributed by atoms with van der Waals surface area (Å²) < 4.78 is 14.8. The Balaban J connectivity index is 0. The van der Waals surface area contributed by atoms with Crippen molar-refractivity contribution in [3.05, 3.63) is 72.4 Å². The first kappa shape index (κ1) is 30.0. The maximum absolute atomic E-state index is 11.2. The average Bonchev–Trinajstić information content (AvgIpc) is 2.71. The number of rotatable bonds is 9. The van der Waals surface area contributed by atoms with Crippen LogP contribution in [0.4, 0.5) is 0 Å². The van der Waals surface area contributed by atoms with Crippen LogP contribution in [0.2, 0.25) is 0 Å². The highest BCUT2D eigenvalue weighted by molar-refractivity contribution is 5.87. The number of hydrogen-bond donors (Lipinski definition) is 2. The summed E-state index contributed by atoms with van der Waals surface area (Å²) in [7, 11) is 0. The lowest BCUT2D eigenvalue weighted by Crippen LogP contribution is -2.18. The number of carboxylic acid groups (broad SMARTS) is 1. The van der Waals surface area contributed by atoms with Crippen molar-refractivity contribution < 1.29 is 38.8 Å². The predicted molar refractivity (Wildman–Crippen MR) is 117 cm³/mol. The van der Waals surface area contributed by atoms with Gasteiger partial charge in [0, 0.05) is 16.7 Å². The normalized spacial score (nSPS) is 10.1. The first-order valence-corrected chi connectivity index (χ1v) is 9.26. The molecule has 1 aromatic rings. The number of carbonyl (C=O) groups excluding carboxylic acids is 2. The van der Waals surface area contributed by atoms with Crippen molar-refractivity contribution in [2.45, 2.75) is 40.6 Å². The van der Waals surface area contributed by atoms with Gasteiger partial charge in [-0.15, -0.1) is 0 Å². The molecule has 172 valence electrons. The molecule has 0 aliphatic rings. The fraction of sp³-hybridized carbons (Fsp3) is 0.348. The van der Waals surface area contributed by atoms with Crippen molar-refractivity contribution in [3.63, 3.8) is 0 Å². The van der Waals surface area contributed by atoms with Crippen molar-refractivity contribution in [3.8, 4) is 0 Å². The van der Waals surface area contributed by atoms with Crippen LogP contribution in [0, 0.1) is 0 Å². The van der Waals surface area contributed by atoms with Gasteiger partial charge in [0.15, 0.2) is 0 Å². The number of hydrogen-bond acceptors (Lipinski definition) is 7. The number of esters is 2. The van der Waals surface area contributed by atoms with Crippen LogP contribution in [-0.2, 0) is 35.2 Å². The van der Waals surface area contributed by atoms with E-state index in [1.165, 1.54) is 6.92 Å². The van der Waals surface area contributed by atoms with Crippen LogP contribution in [0.3, 0.4) is 0 Å². The summed E-state index contributed by atoms with van der Waals surface area (Å²) in [5, 5.41) is 16.1. The molecule has 1 aromatic carbocycles. The second kappa shape index (κ2) is 17.6. The molecule has 0 fully saturated rings. The maximum Gasteiger partial charge on any atom is 0.335 e. The van der Waals surface area contributed by atoms with Crippen LogP contribution in [0.1, 0.15) is 33.3 Å². The highest BCUT2D eigenvalue weighted by atomic mass is 16.7. The molecule has 0 aliphatic carbocycles. The Morgan fingerprint density at radius 1 is 0.935 bits per heavy atom. The smallest absolute Gasteiger partial charge is 0.335 e. The molecule has 0 radical (unpaired) electrons. The lowest BCUT2D eigenvalue weighted by Gasteiger charge is -2.13. The van der Waals surface area contributed by atoms with Crippen LogP contribution < -0.4 is 0 Å². The van der Waals surface area contributed by atoms with Crippen molar-refractivity contribution in [1.29, 1.82) is 0 Å². The van der Waals surface area contributed by atoms with Gasteiger partial charge in [-0.2, -0.15) is 0 Å². The molecule has 2 N–H and O–H groups in total. The summed E-state index contributed by atoms with van der Waals surface area (Å²) in [6.45, 7) is 16.6. The maximum atomic E-state index is 11.2. The van der Waals surface area contributed by atoms with Crippen LogP contribution in [-0.4, -0.2) is 47.6 Å². The molecule has 0 aromatic heterocycles. The van der Waals surface area contributed by atoms with Gasteiger partial charge in [0.2, 0.25) is 6.29 Å². The van der Waals surface area contributed by atoms with Gasteiger partial charge in [-0.05, 0) is 33.3 Å². The summed E-state index contributed by atoms with van der Waals surface area (Å²) in [6.07, 6.45) is -0.565. The molecular weight excluding hydrogens is 404 g/mol. The van der Waals surface area contributed by atoms with Crippen molar-refractivity contribution >= 4 is 17.9 Å². The number of aliphatic carboxylic acids is 1. The Morgan fingerprint density at radius 2 is 1.42 bits per heavy atom. The lowest BCUT2D eigenvalue weighted by molar-refractivity contribution is -0.172. The summed E-state index contributed by atoms with van der Waals surface area (Å²) in [4.78, 5) is 31.2. The summed E-state index contributed by atoms with van der Waals surface area (Å²) in [6, 6.07) is 9.71. The third-order valence-electron chi connectivity index (χ3n) is 2.99. The number of carboxylic acids is 1. The third kappa shape index (κ3) is 18.5. The molecule has 1 rings (SSSR count). The van der Waals surface area contributed by atoms with Gasteiger partial charge in [0.25, 0.3) is 0 Å². The van der Waals surface area contributed by atoms with E-state index in [9.17, 15) is 14.4 Å². The van der Waals surface area contributed by atoms with Gasteiger partial charge >= 0.3 is 17.9 Å². The lowest BCUT2D eigenvalue weighted by atomic mass is 10.2. The van der Waals surface area contributed by atoms with E-state index >= 15 is 0 Å². The van der Waals surface area contributed by atoms with Crippen LogP contribution in [0.5, 0.6) is 0 Å². The fourth-order valence-electron chi connectivity index (χ4n) is 1.33. The molecule has 0 saturated heterocycles. The number of carbonyl (C=O) groups is 3. The number of aliphatic hydroxyl groups excluding tert-OH is 1. The molecular formula is C23H32O8. The molecule has 1 unspecified atom stereocenters. The predicted octanol–water partition coefficient (Wildman–Crippen LogP) is 3.41. The molecule has 0 bridgehead atoms. The van der Waals surface area contributed by atoms with E-state index in [0.717, 1.165) is 5.56 Å². The molecule has 0 amide bonds. The third-order valence-corrected chi connectivity index (χ3v) is 2.99. The standard InChI is InChI=1S/C13H16O3.C6H10O3.C4H6O2/c1-10(2)13(14)16-11(3)15-9-12-7-5-4-6-8-12;1-5(2)6(8)9-4-3-7;1-3(2)4(5)6/h4-8,11H,1,9H2,2-3H3;7H,1,3-4H2,2H3;1H2,2H3,(H,5,6). The van der Waals surface area contributed by atoms with Gasteiger partial charge in [-0.3, -0.25) is 0 Å². The van der Waals surface area contributed by atoms with Crippen LogP contribution in [0.25, 0.3) is 0 Å². The van der Waals surface area contributed by atoms with Gasteiger partial charge in [0.1, 0.15) is 6.61 Å². The largest absolute Gasteiger partial charge is 0.478 e. The van der Waals surface area contributed by atoms with E-state index in [0.29, 0.717) is 17.8 Å². The van der Waals surface area contributed by atoms with Gasteiger partial charge in [0.05, 0.1) is 13.2 Å². The number of ether oxygens (including phenoxy) is 3. The second-order valence-electron chi connectivity index (χ2n) is 6.28. The van der Waals surface area contributed by atoms with E-state index in [-0.39, 0.29) is 18.8 Å². The van der Waals surface area contributed by atoms with Crippen molar-refractivity contribution in [1.82, 2.24) is 0 Å². The van der Waals surface area contributed by atoms with Crippen LogP contribution in [0.15, 0.2) is 66.8 Å². The van der Waals surface area contributed by atoms with E-state index in [1.54, 1.807) is 20.8 Å². The molecule has 1 atom stereocenters. The Bertz CT molecular complexity index is 725. The monoisotopic (exact) mass is 436 g/mol. The minimum absolute atomic E-state index is 0.0473.